The number of hydrogen-bond acceptors (Lipinski definition) is 5. The molecule has 0 aliphatic carbocycles. The maximum absolute atomic E-state index is 10.6. The summed E-state index contributed by atoms with van der Waals surface area (Å²) < 4.78 is 0. The molecule has 0 aromatic heterocycles. The summed E-state index contributed by atoms with van der Waals surface area (Å²) in [4.78, 5) is 9.97. The van der Waals surface area contributed by atoms with Crippen LogP contribution in [0.1, 0.15) is 12.0 Å². The van der Waals surface area contributed by atoms with Gasteiger partial charge in [0.1, 0.15) is 0 Å². The highest BCUT2D eigenvalue weighted by molar-refractivity contribution is 5.52. The molecule has 0 bridgehead atoms. The molecule has 1 aromatic rings. The molecule has 0 saturated heterocycles. The molecule has 0 amide bonds. The Morgan fingerprint density at radius 2 is 1.87 bits per heavy atom. The quantitative estimate of drug-likeness (QED) is 0.392. The molecule has 0 aliphatic rings. The van der Waals surface area contributed by atoms with E-state index in [0.717, 1.165) is 12.1 Å². The molecule has 1 aromatic carbocycles. The van der Waals surface area contributed by atoms with Gasteiger partial charge in [-0.15, -0.1) is 0 Å². The zero-order chi connectivity index (χ0) is 11.4. The summed E-state index contributed by atoms with van der Waals surface area (Å²) in [6.07, 6.45) is 0.645. The third-order valence-electron chi connectivity index (χ3n) is 1.98. The Balaban J connectivity index is 3.10. The number of aliphatic hydroxyl groups excluding tert-OH is 1. The van der Waals surface area contributed by atoms with Crippen LogP contribution in [0.25, 0.3) is 0 Å². The van der Waals surface area contributed by atoms with E-state index < -0.39 is 16.4 Å². The van der Waals surface area contributed by atoms with E-state index in [1.165, 1.54) is 0 Å². The van der Waals surface area contributed by atoms with Gasteiger partial charge >= 0.3 is 0 Å². The summed E-state index contributed by atoms with van der Waals surface area (Å²) in [6.45, 7) is -0.0845. The van der Waals surface area contributed by atoms with Crippen LogP contribution in [0.3, 0.4) is 0 Å². The molecule has 0 atom stereocenters. The Bertz CT molecular complexity index is 377. The molecular weight excluding hydrogens is 202 g/mol. The molecule has 82 valence electrons. The summed E-state index contributed by atoms with van der Waals surface area (Å²) in [5.74, 6) is -0.914. The largest absolute Gasteiger partial charge is 0.504 e. The Morgan fingerprint density at radius 3 is 2.40 bits per heavy atom. The molecule has 3 N–H and O–H groups in total. The van der Waals surface area contributed by atoms with Crippen LogP contribution in [0, 0.1) is 10.1 Å². The van der Waals surface area contributed by atoms with Crippen molar-refractivity contribution in [3.05, 3.63) is 27.8 Å². The maximum atomic E-state index is 10.6. The van der Waals surface area contributed by atoms with Crippen molar-refractivity contribution >= 4 is 5.69 Å². The van der Waals surface area contributed by atoms with Crippen molar-refractivity contribution in [1.29, 1.82) is 0 Å². The van der Waals surface area contributed by atoms with Gasteiger partial charge in [-0.05, 0) is 18.9 Å². The third-order valence-corrected chi connectivity index (χ3v) is 1.98. The van der Waals surface area contributed by atoms with E-state index in [0.29, 0.717) is 12.0 Å². The third kappa shape index (κ3) is 2.57. The summed E-state index contributed by atoms with van der Waals surface area (Å²) in [5, 5.41) is 37.5. The Hall–Kier alpha value is -1.82. The number of phenols is 2. The van der Waals surface area contributed by atoms with E-state index in [-0.39, 0.29) is 18.7 Å². The summed E-state index contributed by atoms with van der Waals surface area (Å²) in [6, 6.07) is 2.05. The normalized spacial score (nSPS) is 10.2. The molecule has 1 rings (SSSR count). The van der Waals surface area contributed by atoms with Crippen LogP contribution in [-0.2, 0) is 6.42 Å². The number of hydrogen-bond donors (Lipinski definition) is 3. The second kappa shape index (κ2) is 4.61. The number of aryl methyl sites for hydroxylation is 1. The first kappa shape index (κ1) is 11.3. The molecule has 0 saturated carbocycles. The number of benzene rings is 1. The Labute approximate surface area is 85.6 Å². The van der Waals surface area contributed by atoms with Gasteiger partial charge in [0.2, 0.25) is 0 Å². The van der Waals surface area contributed by atoms with Crippen molar-refractivity contribution in [3.8, 4) is 11.5 Å². The first-order valence-electron chi connectivity index (χ1n) is 4.36. The van der Waals surface area contributed by atoms with Gasteiger partial charge in [-0.1, -0.05) is 0 Å². The van der Waals surface area contributed by atoms with Crippen LogP contribution < -0.4 is 0 Å². The fourth-order valence-corrected chi connectivity index (χ4v) is 1.25. The van der Waals surface area contributed by atoms with Gasteiger partial charge in [0.15, 0.2) is 11.5 Å². The fourth-order valence-electron chi connectivity index (χ4n) is 1.25. The summed E-state index contributed by atoms with van der Waals surface area (Å²) >= 11 is 0. The topological polar surface area (TPSA) is 104 Å². The van der Waals surface area contributed by atoms with Crippen molar-refractivity contribution < 1.29 is 20.2 Å². The van der Waals surface area contributed by atoms with Crippen molar-refractivity contribution in [2.24, 2.45) is 0 Å². The number of aromatic hydroxyl groups is 2. The van der Waals surface area contributed by atoms with Gasteiger partial charge in [0.25, 0.3) is 5.69 Å². The van der Waals surface area contributed by atoms with Crippen LogP contribution in [-0.4, -0.2) is 26.8 Å². The molecule has 6 heteroatoms. The van der Waals surface area contributed by atoms with Gasteiger partial charge in [0.05, 0.1) is 11.0 Å². The van der Waals surface area contributed by atoms with Crippen LogP contribution >= 0.6 is 0 Å². The average Bonchev–Trinajstić information content (AvgIpc) is 2.19. The molecule has 15 heavy (non-hydrogen) atoms. The first-order chi connectivity index (χ1) is 7.06. The molecule has 0 heterocycles. The summed E-state index contributed by atoms with van der Waals surface area (Å²) in [5.41, 5.74) is 0.0445. The van der Waals surface area contributed by atoms with E-state index in [1.807, 2.05) is 0 Å². The number of aliphatic hydroxyl groups is 1. The molecule has 0 unspecified atom stereocenters. The number of phenolic OH excluding ortho intramolecular Hbond substituents is 2. The zero-order valence-electron chi connectivity index (χ0n) is 7.88. The number of nitrogens with zero attached hydrogens (tertiary/aromatic N) is 1. The van der Waals surface area contributed by atoms with E-state index >= 15 is 0 Å². The van der Waals surface area contributed by atoms with Gasteiger partial charge in [-0.25, -0.2) is 0 Å². The lowest BCUT2D eigenvalue weighted by molar-refractivity contribution is -0.385. The fraction of sp³-hybridized carbons (Fsp3) is 0.333. The predicted octanol–water partition coefficient (Wildman–Crippen LogP) is 0.931. The van der Waals surface area contributed by atoms with Crippen LogP contribution in [0.4, 0.5) is 5.69 Å². The van der Waals surface area contributed by atoms with Crippen molar-refractivity contribution in [2.45, 2.75) is 12.8 Å². The number of rotatable bonds is 4. The Morgan fingerprint density at radius 1 is 1.27 bits per heavy atom. The molecule has 0 radical (unpaired) electrons. The highest BCUT2D eigenvalue weighted by atomic mass is 16.6. The smallest absolute Gasteiger partial charge is 0.276 e. The van der Waals surface area contributed by atoms with E-state index in [2.05, 4.69) is 0 Å². The van der Waals surface area contributed by atoms with Crippen LogP contribution in [0.5, 0.6) is 11.5 Å². The monoisotopic (exact) mass is 213 g/mol. The molecule has 0 fully saturated rings. The van der Waals surface area contributed by atoms with Crippen molar-refractivity contribution in [3.63, 3.8) is 0 Å². The van der Waals surface area contributed by atoms with Gasteiger partial charge in [-0.3, -0.25) is 10.1 Å². The van der Waals surface area contributed by atoms with E-state index in [1.54, 1.807) is 0 Å². The van der Waals surface area contributed by atoms with Crippen molar-refractivity contribution in [1.82, 2.24) is 0 Å². The molecule has 0 spiro atoms. The number of nitro benzene ring substituents is 1. The minimum Gasteiger partial charge on any atom is -0.504 e. The lowest BCUT2D eigenvalue weighted by Crippen LogP contribution is -1.97. The minimum absolute atomic E-state index is 0.0845. The zero-order valence-corrected chi connectivity index (χ0v) is 7.88. The Kier molecular flexibility index (Phi) is 3.46. The SMILES string of the molecule is O=[N+]([O-])c1cc(O)c(O)cc1CCCO. The average molecular weight is 213 g/mol. The van der Waals surface area contributed by atoms with Crippen LogP contribution in [0.2, 0.25) is 0 Å². The second-order valence-electron chi connectivity index (χ2n) is 3.05. The first-order valence-corrected chi connectivity index (χ1v) is 4.36. The van der Waals surface area contributed by atoms with Crippen LogP contribution in [0.15, 0.2) is 12.1 Å². The molecule has 6 nitrogen and oxygen atoms in total. The lowest BCUT2D eigenvalue weighted by Gasteiger charge is -2.04. The summed E-state index contributed by atoms with van der Waals surface area (Å²) in [7, 11) is 0. The van der Waals surface area contributed by atoms with Gasteiger partial charge in [-0.2, -0.15) is 0 Å². The van der Waals surface area contributed by atoms with Crippen molar-refractivity contribution in [2.75, 3.05) is 6.61 Å². The minimum atomic E-state index is -0.633. The van der Waals surface area contributed by atoms with E-state index in [9.17, 15) is 15.2 Å². The number of nitro groups is 1. The van der Waals surface area contributed by atoms with E-state index in [4.69, 9.17) is 10.2 Å². The van der Waals surface area contributed by atoms with Gasteiger partial charge in [0, 0.05) is 12.2 Å². The van der Waals surface area contributed by atoms with Gasteiger partial charge < -0.3 is 15.3 Å². The second-order valence-corrected chi connectivity index (χ2v) is 3.05. The maximum Gasteiger partial charge on any atom is 0.276 e. The highest BCUT2D eigenvalue weighted by Crippen LogP contribution is 2.33. The lowest BCUT2D eigenvalue weighted by atomic mass is 10.1. The molecule has 0 aliphatic heterocycles. The highest BCUT2D eigenvalue weighted by Gasteiger charge is 2.17. The predicted molar refractivity (Wildman–Crippen MR) is 51.8 cm³/mol. The molecular formula is C9H11NO5. The standard InChI is InChI=1S/C9H11NO5/c11-3-1-2-6-4-8(12)9(13)5-7(6)10(14)15/h4-5,11-13H,1-3H2.